The summed E-state index contributed by atoms with van der Waals surface area (Å²) in [7, 11) is 2.19. The minimum Gasteiger partial charge on any atom is -0.357 e. The maximum Gasteiger partial charge on any atom is 0.222 e. The number of nitrogens with one attached hydrogen (secondary N) is 2. The lowest BCUT2D eigenvalue weighted by molar-refractivity contribution is -0.129. The average Bonchev–Trinajstić information content (AvgIpc) is 3.02. The summed E-state index contributed by atoms with van der Waals surface area (Å²) in [5.74, 6) is 1.85. The molecule has 24 heavy (non-hydrogen) atoms. The van der Waals surface area contributed by atoms with Crippen molar-refractivity contribution in [2.45, 2.75) is 45.6 Å². The molecule has 1 unspecified atom stereocenters. The van der Waals surface area contributed by atoms with Gasteiger partial charge in [0, 0.05) is 38.6 Å². The van der Waals surface area contributed by atoms with Crippen LogP contribution < -0.4 is 10.6 Å². The lowest BCUT2D eigenvalue weighted by atomic mass is 9.97. The van der Waals surface area contributed by atoms with Gasteiger partial charge < -0.3 is 20.4 Å². The second-order valence-corrected chi connectivity index (χ2v) is 6.79. The van der Waals surface area contributed by atoms with E-state index in [0.29, 0.717) is 18.4 Å². The molecule has 0 aliphatic carbocycles. The van der Waals surface area contributed by atoms with E-state index in [1.807, 2.05) is 11.8 Å². The number of aliphatic imine (C=N–C) groups is 1. The number of likely N-dealkylation sites (tertiary alicyclic amines) is 2. The molecule has 0 spiro atoms. The van der Waals surface area contributed by atoms with Gasteiger partial charge in [0.05, 0.1) is 0 Å². The largest absolute Gasteiger partial charge is 0.357 e. The van der Waals surface area contributed by atoms with Crippen LogP contribution in [0.3, 0.4) is 0 Å². The van der Waals surface area contributed by atoms with Gasteiger partial charge in [-0.05, 0) is 52.2 Å². The van der Waals surface area contributed by atoms with E-state index in [0.717, 1.165) is 38.6 Å². The number of halogens is 1. The summed E-state index contributed by atoms with van der Waals surface area (Å²) in [6, 6.07) is 0.320. The number of carbonyl (C=O) groups excluding carboxylic acids is 1. The second kappa shape index (κ2) is 11.1. The molecular weight excluding hydrogens is 417 g/mol. The van der Waals surface area contributed by atoms with Crippen molar-refractivity contribution in [1.82, 2.24) is 20.4 Å². The summed E-state index contributed by atoms with van der Waals surface area (Å²) in [5.41, 5.74) is 0. The van der Waals surface area contributed by atoms with Crippen molar-refractivity contribution >= 4 is 35.8 Å². The van der Waals surface area contributed by atoms with Crippen LogP contribution >= 0.6 is 24.0 Å². The fourth-order valence-corrected chi connectivity index (χ4v) is 3.31. The predicted octanol–water partition coefficient (Wildman–Crippen LogP) is 1.51. The van der Waals surface area contributed by atoms with Crippen molar-refractivity contribution in [3.8, 4) is 0 Å². The van der Waals surface area contributed by atoms with Crippen LogP contribution in [0.1, 0.15) is 39.5 Å². The van der Waals surface area contributed by atoms with Gasteiger partial charge in [-0.2, -0.15) is 0 Å². The van der Waals surface area contributed by atoms with E-state index in [9.17, 15) is 4.79 Å². The number of piperidine rings is 1. The highest BCUT2D eigenvalue weighted by Crippen LogP contribution is 2.16. The van der Waals surface area contributed by atoms with Crippen LogP contribution in [0.5, 0.6) is 0 Å². The minimum absolute atomic E-state index is 0. The Morgan fingerprint density at radius 2 is 1.88 bits per heavy atom. The standard InChI is InChI=1S/C17H33N5O.HI/c1-4-16(23)22-11-8-15(13-22)20-17(18-5-2)19-12-14-6-9-21(3)10-7-14;/h14-15H,4-13H2,1-3H3,(H2,18,19,20);1H. The van der Waals surface area contributed by atoms with Crippen molar-refractivity contribution in [2.75, 3.05) is 46.3 Å². The van der Waals surface area contributed by atoms with Crippen LogP contribution in [0.2, 0.25) is 0 Å². The summed E-state index contributed by atoms with van der Waals surface area (Å²) in [6.45, 7) is 9.80. The molecule has 0 bridgehead atoms. The summed E-state index contributed by atoms with van der Waals surface area (Å²) in [6.07, 6.45) is 4.07. The van der Waals surface area contributed by atoms with E-state index in [2.05, 4.69) is 29.5 Å². The maximum atomic E-state index is 11.8. The van der Waals surface area contributed by atoms with Crippen molar-refractivity contribution in [3.63, 3.8) is 0 Å². The van der Waals surface area contributed by atoms with E-state index in [1.54, 1.807) is 0 Å². The average molecular weight is 451 g/mol. The molecule has 2 rings (SSSR count). The van der Waals surface area contributed by atoms with E-state index in [4.69, 9.17) is 4.99 Å². The Morgan fingerprint density at radius 1 is 1.17 bits per heavy atom. The smallest absolute Gasteiger partial charge is 0.222 e. The zero-order valence-electron chi connectivity index (χ0n) is 15.4. The lowest BCUT2D eigenvalue weighted by Gasteiger charge is -2.28. The molecule has 0 aromatic heterocycles. The topological polar surface area (TPSA) is 60.0 Å². The summed E-state index contributed by atoms with van der Waals surface area (Å²) in [5, 5.41) is 6.85. The van der Waals surface area contributed by atoms with Gasteiger partial charge in [-0.25, -0.2) is 0 Å². The molecule has 7 heteroatoms. The van der Waals surface area contributed by atoms with Gasteiger partial charge in [-0.3, -0.25) is 9.79 Å². The number of rotatable bonds is 5. The highest BCUT2D eigenvalue weighted by molar-refractivity contribution is 14.0. The Morgan fingerprint density at radius 3 is 2.50 bits per heavy atom. The Kier molecular flexibility index (Phi) is 9.95. The number of amides is 1. The summed E-state index contributed by atoms with van der Waals surface area (Å²) in [4.78, 5) is 20.9. The number of hydrogen-bond acceptors (Lipinski definition) is 3. The van der Waals surface area contributed by atoms with Gasteiger partial charge in [0.2, 0.25) is 5.91 Å². The van der Waals surface area contributed by atoms with Crippen LogP contribution in [-0.2, 0) is 4.79 Å². The van der Waals surface area contributed by atoms with E-state index < -0.39 is 0 Å². The first-order chi connectivity index (χ1) is 11.1. The molecule has 2 heterocycles. The molecule has 2 fully saturated rings. The van der Waals surface area contributed by atoms with E-state index >= 15 is 0 Å². The van der Waals surface area contributed by atoms with Gasteiger partial charge in [0.15, 0.2) is 5.96 Å². The van der Waals surface area contributed by atoms with Crippen LogP contribution in [-0.4, -0.2) is 74.0 Å². The molecule has 0 aromatic rings. The first kappa shape index (κ1) is 21.5. The molecule has 0 radical (unpaired) electrons. The van der Waals surface area contributed by atoms with Gasteiger partial charge in [0.25, 0.3) is 0 Å². The second-order valence-electron chi connectivity index (χ2n) is 6.79. The summed E-state index contributed by atoms with van der Waals surface area (Å²) >= 11 is 0. The molecule has 2 saturated heterocycles. The predicted molar refractivity (Wildman–Crippen MR) is 110 cm³/mol. The number of nitrogens with zero attached hydrogens (tertiary/aromatic N) is 3. The van der Waals surface area contributed by atoms with Crippen LogP contribution in [0.25, 0.3) is 0 Å². The molecule has 0 saturated carbocycles. The quantitative estimate of drug-likeness (QED) is 0.378. The van der Waals surface area contributed by atoms with Gasteiger partial charge in [-0.1, -0.05) is 6.92 Å². The minimum atomic E-state index is 0. The first-order valence-electron chi connectivity index (χ1n) is 9.13. The fraction of sp³-hybridized carbons (Fsp3) is 0.882. The molecule has 1 amide bonds. The Bertz CT molecular complexity index is 410. The van der Waals surface area contributed by atoms with Crippen molar-refractivity contribution in [2.24, 2.45) is 10.9 Å². The van der Waals surface area contributed by atoms with E-state index in [-0.39, 0.29) is 29.9 Å². The highest BCUT2D eigenvalue weighted by Gasteiger charge is 2.26. The SMILES string of the molecule is CCNC(=NCC1CCN(C)CC1)NC1CCN(C(=O)CC)C1.I. The van der Waals surface area contributed by atoms with Crippen molar-refractivity contribution in [1.29, 1.82) is 0 Å². The van der Waals surface area contributed by atoms with Gasteiger partial charge in [0.1, 0.15) is 0 Å². The normalized spacial score (nSPS) is 23.0. The molecule has 140 valence electrons. The lowest BCUT2D eigenvalue weighted by Crippen LogP contribution is -2.45. The molecule has 2 N–H and O–H groups in total. The van der Waals surface area contributed by atoms with Gasteiger partial charge >= 0.3 is 0 Å². The van der Waals surface area contributed by atoms with Crippen LogP contribution in [0.4, 0.5) is 0 Å². The molecule has 6 nitrogen and oxygen atoms in total. The summed E-state index contributed by atoms with van der Waals surface area (Å²) < 4.78 is 0. The highest BCUT2D eigenvalue weighted by atomic mass is 127. The third-order valence-corrected chi connectivity index (χ3v) is 4.87. The Labute approximate surface area is 163 Å². The van der Waals surface area contributed by atoms with Crippen molar-refractivity contribution in [3.05, 3.63) is 0 Å². The Balaban J connectivity index is 0.00000288. The molecule has 1 atom stereocenters. The zero-order chi connectivity index (χ0) is 16.7. The van der Waals surface area contributed by atoms with Crippen LogP contribution in [0.15, 0.2) is 4.99 Å². The Hall–Kier alpha value is -0.570. The monoisotopic (exact) mass is 451 g/mol. The molecule has 0 aromatic carbocycles. The van der Waals surface area contributed by atoms with Gasteiger partial charge in [-0.15, -0.1) is 24.0 Å². The fourth-order valence-electron chi connectivity index (χ4n) is 3.31. The number of carbonyl (C=O) groups is 1. The molecule has 2 aliphatic rings. The third kappa shape index (κ3) is 6.74. The number of hydrogen-bond donors (Lipinski definition) is 2. The first-order valence-corrected chi connectivity index (χ1v) is 9.13. The number of guanidine groups is 1. The van der Waals surface area contributed by atoms with E-state index in [1.165, 1.54) is 25.9 Å². The van der Waals surface area contributed by atoms with Crippen molar-refractivity contribution < 1.29 is 4.79 Å². The third-order valence-electron chi connectivity index (χ3n) is 4.87. The molecular formula is C17H34IN5O. The molecule has 2 aliphatic heterocycles. The van der Waals surface area contributed by atoms with Crippen LogP contribution in [0, 0.1) is 5.92 Å². The maximum absolute atomic E-state index is 11.8. The zero-order valence-corrected chi connectivity index (χ0v) is 17.7.